The van der Waals surface area contributed by atoms with Crippen molar-refractivity contribution in [2.75, 3.05) is 38.3 Å². The number of nitrogens with zero attached hydrogens (tertiary/aromatic N) is 4. The molecule has 8 heteroatoms. The van der Waals surface area contributed by atoms with Crippen LogP contribution in [0, 0.1) is 28.4 Å². The number of hydrogen-bond acceptors (Lipinski definition) is 7. The number of anilines is 1. The van der Waals surface area contributed by atoms with Crippen molar-refractivity contribution >= 4 is 11.5 Å². The lowest BCUT2D eigenvalue weighted by Gasteiger charge is -2.29. The van der Waals surface area contributed by atoms with Crippen LogP contribution in [0.3, 0.4) is 0 Å². The zero-order valence-corrected chi connectivity index (χ0v) is 12.0. The van der Waals surface area contributed by atoms with Crippen LogP contribution in [-0.2, 0) is 16.1 Å². The van der Waals surface area contributed by atoms with E-state index in [1.54, 1.807) is 6.92 Å². The Balaban J connectivity index is 2.61. The minimum atomic E-state index is -0.513. The summed E-state index contributed by atoms with van der Waals surface area (Å²) in [4.78, 5) is 16.9. The van der Waals surface area contributed by atoms with Gasteiger partial charge in [0.25, 0.3) is 5.69 Å². The first-order valence-electron chi connectivity index (χ1n) is 6.49. The molecule has 1 saturated heterocycles. The summed E-state index contributed by atoms with van der Waals surface area (Å²) in [6.07, 6.45) is 0. The minimum absolute atomic E-state index is 0.0000926. The third-order valence-electron chi connectivity index (χ3n) is 3.32. The van der Waals surface area contributed by atoms with Crippen molar-refractivity contribution in [3.05, 3.63) is 26.9 Å². The van der Waals surface area contributed by atoms with Crippen LogP contribution in [0.5, 0.6) is 0 Å². The molecule has 0 saturated carbocycles. The Bertz CT molecular complexity index is 591. The molecule has 8 nitrogen and oxygen atoms in total. The van der Waals surface area contributed by atoms with Crippen molar-refractivity contribution in [3.63, 3.8) is 0 Å². The average Bonchev–Trinajstić information content (AvgIpc) is 2.47. The first-order chi connectivity index (χ1) is 10.1. The molecule has 0 atom stereocenters. The number of aromatic nitrogens is 1. The van der Waals surface area contributed by atoms with Crippen LogP contribution in [0.15, 0.2) is 0 Å². The van der Waals surface area contributed by atoms with Crippen molar-refractivity contribution in [2.45, 2.75) is 13.5 Å². The fourth-order valence-corrected chi connectivity index (χ4v) is 2.39. The van der Waals surface area contributed by atoms with Crippen molar-refractivity contribution in [2.24, 2.45) is 0 Å². The number of morpholine rings is 1. The maximum absolute atomic E-state index is 11.2. The number of nitro groups is 1. The normalized spacial score (nSPS) is 14.8. The Morgan fingerprint density at radius 2 is 2.19 bits per heavy atom. The molecule has 0 unspecified atom stereocenters. The zero-order chi connectivity index (χ0) is 15.4. The van der Waals surface area contributed by atoms with E-state index in [2.05, 4.69) is 4.98 Å². The molecule has 2 heterocycles. The number of nitriles is 1. The molecular weight excluding hydrogens is 276 g/mol. The molecule has 21 heavy (non-hydrogen) atoms. The van der Waals surface area contributed by atoms with Gasteiger partial charge in [0.05, 0.1) is 30.3 Å². The Kier molecular flexibility index (Phi) is 4.67. The number of aryl methyl sites for hydroxylation is 1. The van der Waals surface area contributed by atoms with Crippen LogP contribution < -0.4 is 4.90 Å². The fraction of sp³-hybridized carbons (Fsp3) is 0.538. The third-order valence-corrected chi connectivity index (χ3v) is 3.32. The van der Waals surface area contributed by atoms with E-state index in [0.29, 0.717) is 32.1 Å². The molecule has 0 radical (unpaired) electrons. The highest BCUT2D eigenvalue weighted by atomic mass is 16.6. The third kappa shape index (κ3) is 2.94. The molecule has 1 aliphatic rings. The van der Waals surface area contributed by atoms with E-state index in [1.165, 1.54) is 7.11 Å². The van der Waals surface area contributed by atoms with Gasteiger partial charge < -0.3 is 14.4 Å². The molecule has 1 fully saturated rings. The number of methoxy groups -OCH3 is 1. The highest BCUT2D eigenvalue weighted by Gasteiger charge is 2.28. The summed E-state index contributed by atoms with van der Waals surface area (Å²) in [5, 5.41) is 20.7. The molecule has 0 bridgehead atoms. The Labute approximate surface area is 122 Å². The van der Waals surface area contributed by atoms with E-state index in [1.807, 2.05) is 11.0 Å². The number of hydrogen-bond donors (Lipinski definition) is 0. The quantitative estimate of drug-likeness (QED) is 0.606. The molecule has 0 aliphatic carbocycles. The molecular formula is C13H16N4O4. The van der Waals surface area contributed by atoms with E-state index in [-0.39, 0.29) is 29.1 Å². The first kappa shape index (κ1) is 15.2. The summed E-state index contributed by atoms with van der Waals surface area (Å²) in [6.45, 7) is 3.86. The largest absolute Gasteiger partial charge is 0.380 e. The number of pyridine rings is 1. The van der Waals surface area contributed by atoms with Gasteiger partial charge in [-0.3, -0.25) is 10.1 Å². The predicted octanol–water partition coefficient (Wildman–Crippen LogP) is 1.15. The summed E-state index contributed by atoms with van der Waals surface area (Å²) < 4.78 is 10.3. The average molecular weight is 292 g/mol. The monoisotopic (exact) mass is 292 g/mol. The smallest absolute Gasteiger partial charge is 0.297 e. The summed E-state index contributed by atoms with van der Waals surface area (Å²) in [7, 11) is 1.44. The maximum atomic E-state index is 11.2. The van der Waals surface area contributed by atoms with E-state index in [9.17, 15) is 15.4 Å². The molecule has 0 spiro atoms. The minimum Gasteiger partial charge on any atom is -0.380 e. The molecule has 0 aromatic carbocycles. The molecule has 1 aliphatic heterocycles. The standard InChI is InChI=1S/C13H16N4O4/c1-9-12(17(18)19)11(8-20-2)10(7-14)13(15-9)16-3-5-21-6-4-16/h3-6,8H2,1-2H3. The number of rotatable bonds is 4. The van der Waals surface area contributed by atoms with Gasteiger partial charge in [-0.25, -0.2) is 4.98 Å². The van der Waals surface area contributed by atoms with Crippen LogP contribution in [0.2, 0.25) is 0 Å². The van der Waals surface area contributed by atoms with Crippen molar-refractivity contribution in [3.8, 4) is 6.07 Å². The van der Waals surface area contributed by atoms with E-state index >= 15 is 0 Å². The second-order valence-electron chi connectivity index (χ2n) is 4.62. The predicted molar refractivity (Wildman–Crippen MR) is 74.1 cm³/mol. The van der Waals surface area contributed by atoms with Crippen molar-refractivity contribution in [1.29, 1.82) is 5.26 Å². The van der Waals surface area contributed by atoms with Crippen LogP contribution >= 0.6 is 0 Å². The Morgan fingerprint density at radius 3 is 2.71 bits per heavy atom. The Morgan fingerprint density at radius 1 is 1.52 bits per heavy atom. The van der Waals surface area contributed by atoms with E-state index in [4.69, 9.17) is 9.47 Å². The second-order valence-corrected chi connectivity index (χ2v) is 4.62. The van der Waals surface area contributed by atoms with Gasteiger partial charge in [-0.2, -0.15) is 5.26 Å². The van der Waals surface area contributed by atoms with Gasteiger partial charge in [-0.1, -0.05) is 0 Å². The van der Waals surface area contributed by atoms with Gasteiger partial charge in [0.2, 0.25) is 0 Å². The highest BCUT2D eigenvalue weighted by Crippen LogP contribution is 2.32. The molecule has 0 N–H and O–H groups in total. The van der Waals surface area contributed by atoms with E-state index < -0.39 is 4.92 Å². The van der Waals surface area contributed by atoms with Gasteiger partial charge in [-0.05, 0) is 6.92 Å². The maximum Gasteiger partial charge on any atom is 0.297 e. The van der Waals surface area contributed by atoms with Gasteiger partial charge in [-0.15, -0.1) is 0 Å². The van der Waals surface area contributed by atoms with Crippen LogP contribution in [0.25, 0.3) is 0 Å². The summed E-state index contributed by atoms with van der Waals surface area (Å²) in [5.41, 5.74) is 0.619. The fourth-order valence-electron chi connectivity index (χ4n) is 2.39. The summed E-state index contributed by atoms with van der Waals surface area (Å²) in [6, 6.07) is 2.04. The Hall–Kier alpha value is -2.24. The first-order valence-corrected chi connectivity index (χ1v) is 6.49. The van der Waals surface area contributed by atoms with E-state index in [0.717, 1.165) is 0 Å². The van der Waals surface area contributed by atoms with Crippen molar-refractivity contribution < 1.29 is 14.4 Å². The molecule has 1 aromatic heterocycles. The van der Waals surface area contributed by atoms with Gasteiger partial charge in [0, 0.05) is 20.2 Å². The molecule has 0 amide bonds. The highest BCUT2D eigenvalue weighted by molar-refractivity contribution is 5.65. The van der Waals surface area contributed by atoms with Gasteiger partial charge in [0.1, 0.15) is 23.1 Å². The van der Waals surface area contributed by atoms with Crippen LogP contribution in [0.4, 0.5) is 11.5 Å². The zero-order valence-electron chi connectivity index (χ0n) is 12.0. The summed E-state index contributed by atoms with van der Waals surface area (Å²) >= 11 is 0. The van der Waals surface area contributed by atoms with Crippen molar-refractivity contribution in [1.82, 2.24) is 4.98 Å². The van der Waals surface area contributed by atoms with Crippen LogP contribution in [0.1, 0.15) is 16.8 Å². The number of ether oxygens (including phenoxy) is 2. The summed E-state index contributed by atoms with van der Waals surface area (Å²) in [5.74, 6) is 0.468. The molecule has 1 aromatic rings. The second kappa shape index (κ2) is 6.47. The SMILES string of the molecule is COCc1c(C#N)c(N2CCOCC2)nc(C)c1[N+](=O)[O-]. The lowest BCUT2D eigenvalue weighted by molar-refractivity contribution is -0.386. The van der Waals surface area contributed by atoms with Gasteiger partial charge >= 0.3 is 0 Å². The topological polar surface area (TPSA) is 102 Å². The van der Waals surface area contributed by atoms with Gasteiger partial charge in [0.15, 0.2) is 0 Å². The lowest BCUT2D eigenvalue weighted by Crippen LogP contribution is -2.37. The molecule has 112 valence electrons. The lowest BCUT2D eigenvalue weighted by atomic mass is 10.1. The van der Waals surface area contributed by atoms with Crippen LogP contribution in [-0.4, -0.2) is 43.3 Å². The molecule has 2 rings (SSSR count).